The fraction of sp³-hybridized carbons (Fsp3) is 0.778. The molecule has 0 radical (unpaired) electrons. The third kappa shape index (κ3) is 2.23. The van der Waals surface area contributed by atoms with Crippen LogP contribution in [0.4, 0.5) is 0 Å². The molecule has 0 unspecified atom stereocenters. The monoisotopic (exact) mass is 200 g/mol. The van der Waals surface area contributed by atoms with Gasteiger partial charge in [0.05, 0.1) is 12.6 Å². The Kier molecular flexibility index (Phi) is 3.10. The van der Waals surface area contributed by atoms with Crippen LogP contribution < -0.4 is 11.1 Å². The van der Waals surface area contributed by atoms with Gasteiger partial charge in [0, 0.05) is 0 Å². The maximum atomic E-state index is 11.4. The Morgan fingerprint density at radius 1 is 1.57 bits per heavy atom. The molecule has 5 heteroatoms. The number of carbonyl (C=O) groups excluding carboxylic acids is 2. The largest absolute Gasteiger partial charge is 0.464 e. The lowest BCUT2D eigenvalue weighted by molar-refractivity contribution is -0.148. The predicted molar refractivity (Wildman–Crippen MR) is 50.4 cm³/mol. The molecule has 1 fully saturated rings. The number of esters is 1. The predicted octanol–water partition coefficient (Wildman–Crippen LogP) is -0.454. The Hall–Kier alpha value is -1.10. The van der Waals surface area contributed by atoms with Crippen LogP contribution in [-0.2, 0) is 14.3 Å². The fourth-order valence-corrected chi connectivity index (χ4v) is 1.12. The highest BCUT2D eigenvalue weighted by Crippen LogP contribution is 2.36. The zero-order valence-electron chi connectivity index (χ0n) is 8.50. The van der Waals surface area contributed by atoms with Crippen molar-refractivity contribution in [1.82, 2.24) is 5.32 Å². The van der Waals surface area contributed by atoms with E-state index in [9.17, 15) is 9.59 Å². The van der Waals surface area contributed by atoms with Crippen LogP contribution in [0, 0.1) is 0 Å². The number of hydrogen-bond donors (Lipinski definition) is 2. The van der Waals surface area contributed by atoms with Gasteiger partial charge in [-0.2, -0.15) is 0 Å². The molecule has 0 aromatic heterocycles. The summed E-state index contributed by atoms with van der Waals surface area (Å²) >= 11 is 0. The van der Waals surface area contributed by atoms with Crippen LogP contribution in [0.3, 0.4) is 0 Å². The standard InChI is InChI=1S/C9H16N2O3/c1-3-14-8(13)9(4-5-9)11-7(12)6(2)10/h6H,3-5,10H2,1-2H3,(H,11,12)/t6-/m0/s1. The quantitative estimate of drug-likeness (QED) is 0.602. The molecule has 3 N–H and O–H groups in total. The summed E-state index contributed by atoms with van der Waals surface area (Å²) < 4.78 is 4.86. The van der Waals surface area contributed by atoms with Crippen molar-refractivity contribution in [3.63, 3.8) is 0 Å². The molecule has 0 saturated heterocycles. The summed E-state index contributed by atoms with van der Waals surface area (Å²) in [6.45, 7) is 3.65. The minimum absolute atomic E-state index is 0.310. The number of nitrogens with one attached hydrogen (secondary N) is 1. The molecule has 5 nitrogen and oxygen atoms in total. The molecule has 1 saturated carbocycles. The summed E-state index contributed by atoms with van der Waals surface area (Å²) in [5, 5.41) is 2.61. The van der Waals surface area contributed by atoms with Crippen molar-refractivity contribution in [3.05, 3.63) is 0 Å². The number of ether oxygens (including phenoxy) is 1. The van der Waals surface area contributed by atoms with Gasteiger partial charge in [-0.05, 0) is 26.7 Å². The first kappa shape index (κ1) is 11.0. The molecule has 1 atom stereocenters. The van der Waals surface area contributed by atoms with E-state index in [1.54, 1.807) is 13.8 Å². The van der Waals surface area contributed by atoms with Crippen molar-refractivity contribution in [2.45, 2.75) is 38.3 Å². The summed E-state index contributed by atoms with van der Waals surface area (Å²) in [5.41, 5.74) is 4.60. The van der Waals surface area contributed by atoms with E-state index in [4.69, 9.17) is 10.5 Å². The summed E-state index contributed by atoms with van der Waals surface area (Å²) in [6, 6.07) is -0.595. The van der Waals surface area contributed by atoms with Crippen LogP contribution >= 0.6 is 0 Å². The lowest BCUT2D eigenvalue weighted by atomic mass is 10.2. The van der Waals surface area contributed by atoms with E-state index in [-0.39, 0.29) is 11.9 Å². The minimum atomic E-state index is -0.777. The molecular weight excluding hydrogens is 184 g/mol. The highest BCUT2D eigenvalue weighted by Gasteiger charge is 2.52. The molecule has 80 valence electrons. The highest BCUT2D eigenvalue weighted by molar-refractivity contribution is 5.92. The van der Waals surface area contributed by atoms with Crippen LogP contribution in [0.2, 0.25) is 0 Å². The lowest BCUT2D eigenvalue weighted by Crippen LogP contribution is -2.49. The van der Waals surface area contributed by atoms with E-state index >= 15 is 0 Å². The Bertz CT molecular complexity index is 246. The van der Waals surface area contributed by atoms with Crippen LogP contribution in [0.25, 0.3) is 0 Å². The van der Waals surface area contributed by atoms with E-state index in [1.165, 1.54) is 0 Å². The van der Waals surface area contributed by atoms with Gasteiger partial charge in [0.1, 0.15) is 5.54 Å². The first-order valence-electron chi connectivity index (χ1n) is 4.76. The maximum absolute atomic E-state index is 11.4. The number of amides is 1. The van der Waals surface area contributed by atoms with Gasteiger partial charge in [0.2, 0.25) is 5.91 Å². The molecule has 0 bridgehead atoms. The molecule has 1 aliphatic carbocycles. The van der Waals surface area contributed by atoms with Gasteiger partial charge < -0.3 is 15.8 Å². The maximum Gasteiger partial charge on any atom is 0.331 e. The Balaban J connectivity index is 2.51. The molecular formula is C9H16N2O3. The van der Waals surface area contributed by atoms with Crippen LogP contribution in [0.15, 0.2) is 0 Å². The van der Waals surface area contributed by atoms with E-state index in [0.717, 1.165) is 0 Å². The van der Waals surface area contributed by atoms with Crippen LogP contribution in [-0.4, -0.2) is 30.1 Å². The Morgan fingerprint density at radius 2 is 2.14 bits per heavy atom. The molecule has 1 amide bonds. The second kappa shape index (κ2) is 3.96. The molecule has 0 aromatic carbocycles. The zero-order chi connectivity index (χ0) is 10.8. The van der Waals surface area contributed by atoms with E-state index in [2.05, 4.69) is 5.32 Å². The second-order valence-electron chi connectivity index (χ2n) is 3.58. The van der Waals surface area contributed by atoms with E-state index in [1.807, 2.05) is 0 Å². The molecule has 0 spiro atoms. The summed E-state index contributed by atoms with van der Waals surface area (Å²) in [6.07, 6.45) is 1.29. The number of hydrogen-bond acceptors (Lipinski definition) is 4. The van der Waals surface area contributed by atoms with Crippen molar-refractivity contribution in [3.8, 4) is 0 Å². The number of nitrogens with two attached hydrogens (primary N) is 1. The van der Waals surface area contributed by atoms with Gasteiger partial charge in [0.15, 0.2) is 0 Å². The van der Waals surface area contributed by atoms with E-state index < -0.39 is 11.6 Å². The third-order valence-corrected chi connectivity index (χ3v) is 2.19. The normalized spacial score (nSPS) is 19.6. The van der Waals surface area contributed by atoms with E-state index in [0.29, 0.717) is 19.4 Å². The molecule has 14 heavy (non-hydrogen) atoms. The number of carbonyl (C=O) groups is 2. The van der Waals surface area contributed by atoms with Gasteiger partial charge in [0.25, 0.3) is 0 Å². The van der Waals surface area contributed by atoms with Gasteiger partial charge >= 0.3 is 5.97 Å². The van der Waals surface area contributed by atoms with Crippen molar-refractivity contribution in [2.24, 2.45) is 5.73 Å². The zero-order valence-corrected chi connectivity index (χ0v) is 8.50. The average Bonchev–Trinajstić information content (AvgIpc) is 2.86. The first-order chi connectivity index (χ1) is 6.52. The van der Waals surface area contributed by atoms with Crippen molar-refractivity contribution in [1.29, 1.82) is 0 Å². The molecule has 0 heterocycles. The Labute approximate surface area is 83.0 Å². The van der Waals surface area contributed by atoms with Gasteiger partial charge in [-0.25, -0.2) is 4.79 Å². The van der Waals surface area contributed by atoms with Gasteiger partial charge in [-0.1, -0.05) is 0 Å². The first-order valence-corrected chi connectivity index (χ1v) is 4.76. The SMILES string of the molecule is CCOC(=O)C1(NC(=O)[C@H](C)N)CC1. The second-order valence-corrected chi connectivity index (χ2v) is 3.58. The van der Waals surface area contributed by atoms with Gasteiger partial charge in [-0.15, -0.1) is 0 Å². The topological polar surface area (TPSA) is 81.4 Å². The van der Waals surface area contributed by atoms with Crippen molar-refractivity contribution < 1.29 is 14.3 Å². The fourth-order valence-electron chi connectivity index (χ4n) is 1.12. The number of rotatable bonds is 4. The summed E-state index contributed by atoms with van der Waals surface area (Å²) in [7, 11) is 0. The average molecular weight is 200 g/mol. The smallest absolute Gasteiger partial charge is 0.331 e. The minimum Gasteiger partial charge on any atom is -0.464 e. The lowest BCUT2D eigenvalue weighted by Gasteiger charge is -2.16. The van der Waals surface area contributed by atoms with Crippen molar-refractivity contribution >= 4 is 11.9 Å². The highest BCUT2D eigenvalue weighted by atomic mass is 16.5. The molecule has 0 aromatic rings. The summed E-state index contributed by atoms with van der Waals surface area (Å²) in [4.78, 5) is 22.7. The van der Waals surface area contributed by atoms with Crippen LogP contribution in [0.5, 0.6) is 0 Å². The van der Waals surface area contributed by atoms with Gasteiger partial charge in [-0.3, -0.25) is 4.79 Å². The molecule has 1 rings (SSSR count). The molecule has 1 aliphatic rings. The summed E-state index contributed by atoms with van der Waals surface area (Å²) in [5.74, 6) is -0.662. The molecule has 0 aliphatic heterocycles. The Morgan fingerprint density at radius 3 is 2.50 bits per heavy atom. The van der Waals surface area contributed by atoms with Crippen LogP contribution in [0.1, 0.15) is 26.7 Å². The third-order valence-electron chi connectivity index (χ3n) is 2.19. The van der Waals surface area contributed by atoms with Crippen molar-refractivity contribution in [2.75, 3.05) is 6.61 Å².